The van der Waals surface area contributed by atoms with Crippen molar-refractivity contribution in [2.24, 2.45) is 0 Å². The van der Waals surface area contributed by atoms with E-state index in [0.717, 1.165) is 29.3 Å². The molecule has 150 valence electrons. The fourth-order valence-corrected chi connectivity index (χ4v) is 2.90. The second-order valence-corrected chi connectivity index (χ2v) is 6.16. The molecule has 10 heteroatoms. The van der Waals surface area contributed by atoms with Crippen LogP contribution in [0.5, 0.6) is 5.75 Å². The standard InChI is InChI=1S/C18H14F6N2O2/c19-17(20,21)15(10-2-1-3-14(7-10)28-18(22,23)24)26-16(27)11-4-5-12-8-25-9-13(12)6-11/h1-7,15,25H,8-9H2,(H,26,27)/t15-/m1/s1. The van der Waals surface area contributed by atoms with Crippen LogP contribution in [-0.4, -0.2) is 18.4 Å². The molecule has 2 aromatic rings. The molecule has 1 heterocycles. The molecule has 2 aromatic carbocycles. The van der Waals surface area contributed by atoms with Crippen molar-refractivity contribution in [3.8, 4) is 5.75 Å². The van der Waals surface area contributed by atoms with E-state index in [0.29, 0.717) is 19.2 Å². The molecule has 1 atom stereocenters. The van der Waals surface area contributed by atoms with Gasteiger partial charge in [-0.2, -0.15) is 13.2 Å². The predicted molar refractivity (Wildman–Crippen MR) is 86.4 cm³/mol. The van der Waals surface area contributed by atoms with Crippen LogP contribution in [0.4, 0.5) is 26.3 Å². The summed E-state index contributed by atoms with van der Waals surface area (Å²) in [5.41, 5.74) is 1.20. The summed E-state index contributed by atoms with van der Waals surface area (Å²) < 4.78 is 81.1. The molecule has 1 aliphatic heterocycles. The lowest BCUT2D eigenvalue weighted by Gasteiger charge is -2.23. The summed E-state index contributed by atoms with van der Waals surface area (Å²) in [6, 6.07) is 5.46. The molecule has 2 N–H and O–H groups in total. The number of amides is 1. The average Bonchev–Trinajstić information content (AvgIpc) is 3.04. The molecule has 28 heavy (non-hydrogen) atoms. The van der Waals surface area contributed by atoms with Crippen molar-refractivity contribution in [1.82, 2.24) is 10.6 Å². The fourth-order valence-electron chi connectivity index (χ4n) is 2.90. The van der Waals surface area contributed by atoms with Crippen molar-refractivity contribution in [2.75, 3.05) is 0 Å². The van der Waals surface area contributed by atoms with E-state index in [9.17, 15) is 31.1 Å². The van der Waals surface area contributed by atoms with Gasteiger partial charge >= 0.3 is 12.5 Å². The zero-order valence-electron chi connectivity index (χ0n) is 14.1. The molecular weight excluding hydrogens is 390 g/mol. The molecule has 0 saturated heterocycles. The topological polar surface area (TPSA) is 50.4 Å². The Hall–Kier alpha value is -2.75. The van der Waals surface area contributed by atoms with E-state index >= 15 is 0 Å². The van der Waals surface area contributed by atoms with Crippen LogP contribution in [0.3, 0.4) is 0 Å². The second kappa shape index (κ2) is 7.34. The maximum absolute atomic E-state index is 13.5. The Kier molecular flexibility index (Phi) is 5.24. The number of nitrogens with one attached hydrogen (secondary N) is 2. The molecule has 0 unspecified atom stereocenters. The van der Waals surface area contributed by atoms with Crippen LogP contribution < -0.4 is 15.4 Å². The third-order valence-electron chi connectivity index (χ3n) is 4.13. The third-order valence-corrected chi connectivity index (χ3v) is 4.13. The normalized spacial score (nSPS) is 15.1. The Morgan fingerprint density at radius 1 is 1.00 bits per heavy atom. The van der Waals surface area contributed by atoms with Crippen molar-refractivity contribution in [3.63, 3.8) is 0 Å². The van der Waals surface area contributed by atoms with Gasteiger partial charge in [-0.05, 0) is 41.0 Å². The van der Waals surface area contributed by atoms with E-state index in [1.807, 2.05) is 5.32 Å². The van der Waals surface area contributed by atoms with E-state index < -0.39 is 35.8 Å². The molecule has 0 bridgehead atoms. The van der Waals surface area contributed by atoms with Gasteiger partial charge in [0, 0.05) is 18.7 Å². The third kappa shape index (κ3) is 4.75. The highest BCUT2D eigenvalue weighted by Gasteiger charge is 2.42. The summed E-state index contributed by atoms with van der Waals surface area (Å²) in [6.07, 6.45) is -9.97. The number of hydrogen-bond donors (Lipinski definition) is 2. The highest BCUT2D eigenvalue weighted by molar-refractivity contribution is 5.94. The number of rotatable bonds is 4. The average molecular weight is 404 g/mol. The van der Waals surface area contributed by atoms with Crippen LogP contribution in [-0.2, 0) is 13.1 Å². The number of benzene rings is 2. The van der Waals surface area contributed by atoms with Crippen molar-refractivity contribution in [2.45, 2.75) is 31.7 Å². The fraction of sp³-hybridized carbons (Fsp3) is 0.278. The Bertz CT molecular complexity index is 879. The number of carbonyl (C=O) groups excluding carboxylic acids is 1. The van der Waals surface area contributed by atoms with Crippen LogP contribution >= 0.6 is 0 Å². The molecule has 3 rings (SSSR count). The highest BCUT2D eigenvalue weighted by Crippen LogP contribution is 2.35. The van der Waals surface area contributed by atoms with Gasteiger partial charge in [0.05, 0.1) is 0 Å². The number of hydrogen-bond acceptors (Lipinski definition) is 3. The lowest BCUT2D eigenvalue weighted by Crippen LogP contribution is -2.38. The molecule has 0 spiro atoms. The van der Waals surface area contributed by atoms with E-state index in [4.69, 9.17) is 0 Å². The Morgan fingerprint density at radius 2 is 1.71 bits per heavy atom. The van der Waals surface area contributed by atoms with Crippen LogP contribution in [0, 0.1) is 0 Å². The molecular formula is C18H14F6N2O2. The first-order chi connectivity index (χ1) is 13.0. The number of alkyl halides is 6. The van der Waals surface area contributed by atoms with E-state index in [-0.39, 0.29) is 5.56 Å². The Balaban J connectivity index is 1.85. The van der Waals surface area contributed by atoms with Gasteiger partial charge in [-0.25, -0.2) is 0 Å². The van der Waals surface area contributed by atoms with Gasteiger partial charge in [0.25, 0.3) is 5.91 Å². The summed E-state index contributed by atoms with van der Waals surface area (Å²) in [5, 5.41) is 4.90. The van der Waals surface area contributed by atoms with Crippen LogP contribution in [0.25, 0.3) is 0 Å². The second-order valence-electron chi connectivity index (χ2n) is 6.16. The zero-order valence-corrected chi connectivity index (χ0v) is 14.1. The summed E-state index contributed by atoms with van der Waals surface area (Å²) in [7, 11) is 0. The van der Waals surface area contributed by atoms with Gasteiger partial charge in [0.2, 0.25) is 0 Å². The van der Waals surface area contributed by atoms with E-state index in [1.54, 1.807) is 6.07 Å². The van der Waals surface area contributed by atoms with Gasteiger partial charge < -0.3 is 15.4 Å². The summed E-state index contributed by atoms with van der Waals surface area (Å²) in [5.74, 6) is -1.80. The van der Waals surface area contributed by atoms with Crippen molar-refractivity contribution in [1.29, 1.82) is 0 Å². The number of ether oxygens (including phenoxy) is 1. The minimum Gasteiger partial charge on any atom is -0.406 e. The maximum Gasteiger partial charge on any atom is 0.573 e. The summed E-state index contributed by atoms with van der Waals surface area (Å²) in [4.78, 5) is 12.3. The number of fused-ring (bicyclic) bond motifs is 1. The largest absolute Gasteiger partial charge is 0.573 e. The molecule has 1 aliphatic rings. The minimum atomic E-state index is -5.05. The molecule has 0 aromatic heterocycles. The van der Waals surface area contributed by atoms with Gasteiger partial charge in [-0.3, -0.25) is 4.79 Å². The van der Waals surface area contributed by atoms with Gasteiger partial charge in [-0.1, -0.05) is 18.2 Å². The minimum absolute atomic E-state index is 0.0272. The summed E-state index contributed by atoms with van der Waals surface area (Å²) >= 11 is 0. The zero-order chi connectivity index (χ0) is 20.5. The SMILES string of the molecule is O=C(N[C@H](c1cccc(OC(F)(F)F)c1)C(F)(F)F)c1ccc2c(c1)CNC2. The van der Waals surface area contributed by atoms with Crippen LogP contribution in [0.15, 0.2) is 42.5 Å². The molecule has 1 amide bonds. The highest BCUT2D eigenvalue weighted by atomic mass is 19.4. The lowest BCUT2D eigenvalue weighted by atomic mass is 10.0. The smallest absolute Gasteiger partial charge is 0.406 e. The molecule has 0 aliphatic carbocycles. The maximum atomic E-state index is 13.5. The Labute approximate surface area is 155 Å². The number of carbonyl (C=O) groups is 1. The Morgan fingerprint density at radius 3 is 2.39 bits per heavy atom. The van der Waals surface area contributed by atoms with E-state index in [1.165, 1.54) is 12.1 Å². The molecule has 0 fully saturated rings. The van der Waals surface area contributed by atoms with E-state index in [2.05, 4.69) is 10.1 Å². The first-order valence-electron chi connectivity index (χ1n) is 8.09. The van der Waals surface area contributed by atoms with Crippen LogP contribution in [0.1, 0.15) is 33.1 Å². The van der Waals surface area contributed by atoms with Gasteiger partial charge in [-0.15, -0.1) is 13.2 Å². The quantitative estimate of drug-likeness (QED) is 0.751. The first-order valence-corrected chi connectivity index (χ1v) is 8.09. The van der Waals surface area contributed by atoms with Gasteiger partial charge in [0.1, 0.15) is 5.75 Å². The number of halogens is 6. The van der Waals surface area contributed by atoms with Crippen molar-refractivity contribution in [3.05, 3.63) is 64.7 Å². The summed E-state index contributed by atoms with van der Waals surface area (Å²) in [6.45, 7) is 1.10. The predicted octanol–water partition coefficient (Wildman–Crippen LogP) is 4.22. The molecule has 4 nitrogen and oxygen atoms in total. The molecule has 0 saturated carbocycles. The van der Waals surface area contributed by atoms with Crippen LogP contribution in [0.2, 0.25) is 0 Å². The van der Waals surface area contributed by atoms with Crippen molar-refractivity contribution < 1.29 is 35.9 Å². The molecule has 0 radical (unpaired) electrons. The lowest BCUT2D eigenvalue weighted by molar-refractivity contribution is -0.274. The van der Waals surface area contributed by atoms with Crippen molar-refractivity contribution >= 4 is 5.91 Å². The monoisotopic (exact) mass is 404 g/mol. The van der Waals surface area contributed by atoms with Gasteiger partial charge in [0.15, 0.2) is 6.04 Å². The first kappa shape index (κ1) is 20.0.